The van der Waals surface area contributed by atoms with Crippen LogP contribution in [0.1, 0.15) is 6.92 Å². The number of rotatable bonds is 6. The summed E-state index contributed by atoms with van der Waals surface area (Å²) in [6, 6.07) is 12.7. The number of nitrogens with one attached hydrogen (secondary N) is 2. The average molecular weight is 338 g/mol. The molecule has 0 unspecified atom stereocenters. The highest BCUT2D eigenvalue weighted by molar-refractivity contribution is 7.89. The van der Waals surface area contributed by atoms with Crippen LogP contribution < -0.4 is 15.0 Å². The van der Waals surface area contributed by atoms with Gasteiger partial charge in [0, 0.05) is 0 Å². The molecule has 1 amide bonds. The van der Waals surface area contributed by atoms with Gasteiger partial charge in [-0.1, -0.05) is 18.2 Å². The molecule has 2 aromatic carbocycles. The van der Waals surface area contributed by atoms with Crippen LogP contribution in [0.2, 0.25) is 0 Å². The fourth-order valence-corrected chi connectivity index (χ4v) is 2.52. The van der Waals surface area contributed by atoms with Crippen LogP contribution in [-0.2, 0) is 14.8 Å². The normalized spacial score (nSPS) is 12.4. The van der Waals surface area contributed by atoms with Crippen molar-refractivity contribution in [2.45, 2.75) is 17.9 Å². The highest BCUT2D eigenvalue weighted by Gasteiger charge is 2.19. The van der Waals surface area contributed by atoms with Gasteiger partial charge in [-0.15, -0.1) is 4.83 Å². The largest absolute Gasteiger partial charge is 0.481 e. The second-order valence-electron chi connectivity index (χ2n) is 4.62. The number of hydrogen-bond acceptors (Lipinski definition) is 4. The second-order valence-corrected chi connectivity index (χ2v) is 6.30. The quantitative estimate of drug-likeness (QED) is 0.784. The molecule has 0 radical (unpaired) electrons. The standard InChI is InChI=1S/C15H15FN2O4S/c1-11(22-13-9-7-12(16)8-10-13)15(19)17-18-23(20,21)14-5-3-2-4-6-14/h2-11,18H,1H3,(H,17,19)/t11-/m0/s1. The van der Waals surface area contributed by atoms with E-state index < -0.39 is 27.9 Å². The molecule has 0 fully saturated rings. The maximum absolute atomic E-state index is 12.8. The molecule has 8 heteroatoms. The SMILES string of the molecule is C[C@H](Oc1ccc(F)cc1)C(=O)NNS(=O)(=O)c1ccccc1. The van der Waals surface area contributed by atoms with Crippen LogP contribution in [-0.4, -0.2) is 20.4 Å². The number of hydrogen-bond donors (Lipinski definition) is 2. The Morgan fingerprint density at radius 2 is 1.70 bits per heavy atom. The van der Waals surface area contributed by atoms with Crippen molar-refractivity contribution in [3.8, 4) is 5.75 Å². The van der Waals surface area contributed by atoms with Gasteiger partial charge in [-0.05, 0) is 43.3 Å². The van der Waals surface area contributed by atoms with Crippen molar-refractivity contribution in [1.82, 2.24) is 10.3 Å². The van der Waals surface area contributed by atoms with E-state index in [4.69, 9.17) is 4.74 Å². The molecule has 0 aliphatic rings. The van der Waals surface area contributed by atoms with Gasteiger partial charge in [0.1, 0.15) is 11.6 Å². The first kappa shape index (κ1) is 16.9. The summed E-state index contributed by atoms with van der Waals surface area (Å²) >= 11 is 0. The summed E-state index contributed by atoms with van der Waals surface area (Å²) in [7, 11) is -3.85. The van der Waals surface area contributed by atoms with Crippen LogP contribution in [0, 0.1) is 5.82 Å². The molecule has 122 valence electrons. The van der Waals surface area contributed by atoms with Gasteiger partial charge < -0.3 is 4.74 Å². The number of sulfonamides is 1. The fraction of sp³-hybridized carbons (Fsp3) is 0.133. The lowest BCUT2D eigenvalue weighted by molar-refractivity contribution is -0.127. The lowest BCUT2D eigenvalue weighted by Gasteiger charge is -2.15. The Kier molecular flexibility index (Phi) is 5.30. The third-order valence-electron chi connectivity index (χ3n) is 2.86. The second kappa shape index (κ2) is 7.21. The molecule has 0 aromatic heterocycles. The smallest absolute Gasteiger partial charge is 0.275 e. The molecular weight excluding hydrogens is 323 g/mol. The van der Waals surface area contributed by atoms with Gasteiger partial charge in [-0.25, -0.2) is 12.8 Å². The van der Waals surface area contributed by atoms with Crippen molar-refractivity contribution in [3.63, 3.8) is 0 Å². The molecular formula is C15H15FN2O4S. The Balaban J connectivity index is 1.92. The highest BCUT2D eigenvalue weighted by atomic mass is 32.2. The van der Waals surface area contributed by atoms with Crippen molar-refractivity contribution < 1.29 is 22.3 Å². The first-order valence-electron chi connectivity index (χ1n) is 6.67. The van der Waals surface area contributed by atoms with Crippen molar-refractivity contribution in [2.24, 2.45) is 0 Å². The van der Waals surface area contributed by atoms with Crippen LogP contribution in [0.4, 0.5) is 4.39 Å². The number of carbonyl (C=O) groups is 1. The summed E-state index contributed by atoms with van der Waals surface area (Å²) < 4.78 is 42.0. The molecule has 23 heavy (non-hydrogen) atoms. The van der Waals surface area contributed by atoms with E-state index in [9.17, 15) is 17.6 Å². The van der Waals surface area contributed by atoms with Gasteiger partial charge in [0.25, 0.3) is 15.9 Å². The zero-order valence-electron chi connectivity index (χ0n) is 12.2. The van der Waals surface area contributed by atoms with Crippen molar-refractivity contribution in [3.05, 3.63) is 60.4 Å². The zero-order valence-corrected chi connectivity index (χ0v) is 13.0. The third kappa shape index (κ3) is 4.76. The molecule has 2 rings (SSSR count). The predicted molar refractivity (Wildman–Crippen MR) is 81.4 cm³/mol. The van der Waals surface area contributed by atoms with E-state index >= 15 is 0 Å². The summed E-state index contributed by atoms with van der Waals surface area (Å²) in [6.07, 6.45) is -0.973. The van der Waals surface area contributed by atoms with E-state index in [0.29, 0.717) is 5.75 Å². The minimum Gasteiger partial charge on any atom is -0.481 e. The maximum atomic E-state index is 12.8. The van der Waals surface area contributed by atoms with Gasteiger partial charge >= 0.3 is 0 Å². The number of halogens is 1. The lowest BCUT2D eigenvalue weighted by atomic mass is 10.3. The molecule has 0 heterocycles. The topological polar surface area (TPSA) is 84.5 Å². The average Bonchev–Trinajstić information content (AvgIpc) is 2.55. The molecule has 0 aliphatic heterocycles. The van der Waals surface area contributed by atoms with E-state index in [1.54, 1.807) is 18.2 Å². The zero-order chi connectivity index (χ0) is 16.9. The first-order chi connectivity index (χ1) is 10.9. The highest BCUT2D eigenvalue weighted by Crippen LogP contribution is 2.13. The van der Waals surface area contributed by atoms with Crippen LogP contribution in [0.15, 0.2) is 59.5 Å². The van der Waals surface area contributed by atoms with E-state index in [2.05, 4.69) is 5.43 Å². The number of hydrazine groups is 1. The molecule has 0 saturated carbocycles. The fourth-order valence-electron chi connectivity index (χ4n) is 1.65. The van der Waals surface area contributed by atoms with E-state index in [1.807, 2.05) is 4.83 Å². The van der Waals surface area contributed by atoms with Gasteiger partial charge in [0.2, 0.25) is 0 Å². The molecule has 1 atom stereocenters. The van der Waals surface area contributed by atoms with Crippen LogP contribution in [0.5, 0.6) is 5.75 Å². The van der Waals surface area contributed by atoms with Crippen molar-refractivity contribution >= 4 is 15.9 Å². The van der Waals surface area contributed by atoms with Gasteiger partial charge in [-0.3, -0.25) is 10.2 Å². The Morgan fingerprint density at radius 3 is 2.30 bits per heavy atom. The minimum atomic E-state index is -3.85. The number of ether oxygens (including phenoxy) is 1. The summed E-state index contributed by atoms with van der Waals surface area (Å²) in [5, 5.41) is 0. The van der Waals surface area contributed by atoms with Crippen LogP contribution in [0.25, 0.3) is 0 Å². The lowest BCUT2D eigenvalue weighted by Crippen LogP contribution is -2.47. The monoisotopic (exact) mass is 338 g/mol. The van der Waals surface area contributed by atoms with Gasteiger partial charge in [0.05, 0.1) is 4.90 Å². The summed E-state index contributed by atoms with van der Waals surface area (Å²) in [6.45, 7) is 1.44. The number of amides is 1. The minimum absolute atomic E-state index is 0.0207. The Labute approximate surface area is 133 Å². The molecule has 0 aliphatic carbocycles. The van der Waals surface area contributed by atoms with E-state index in [-0.39, 0.29) is 4.90 Å². The number of carbonyl (C=O) groups excluding carboxylic acids is 1. The number of benzene rings is 2. The molecule has 2 N–H and O–H groups in total. The van der Waals surface area contributed by atoms with E-state index in [1.165, 1.54) is 43.3 Å². The molecule has 0 bridgehead atoms. The van der Waals surface area contributed by atoms with E-state index in [0.717, 1.165) is 0 Å². The van der Waals surface area contributed by atoms with Crippen molar-refractivity contribution in [2.75, 3.05) is 0 Å². The third-order valence-corrected chi connectivity index (χ3v) is 4.12. The van der Waals surface area contributed by atoms with Crippen LogP contribution in [0.3, 0.4) is 0 Å². The Bertz CT molecular complexity index is 764. The first-order valence-corrected chi connectivity index (χ1v) is 8.16. The molecule has 0 spiro atoms. The maximum Gasteiger partial charge on any atom is 0.275 e. The summed E-state index contributed by atoms with van der Waals surface area (Å²) in [5.74, 6) is -0.820. The molecule has 6 nitrogen and oxygen atoms in total. The Hall–Kier alpha value is -2.45. The predicted octanol–water partition coefficient (Wildman–Crippen LogP) is 1.60. The summed E-state index contributed by atoms with van der Waals surface area (Å²) in [5.41, 5.74) is 2.08. The van der Waals surface area contributed by atoms with Gasteiger partial charge in [-0.2, -0.15) is 0 Å². The molecule has 0 saturated heterocycles. The van der Waals surface area contributed by atoms with Crippen molar-refractivity contribution in [1.29, 1.82) is 0 Å². The summed E-state index contributed by atoms with van der Waals surface area (Å²) in [4.78, 5) is 13.9. The molecule has 2 aromatic rings. The van der Waals surface area contributed by atoms with Crippen LogP contribution >= 0.6 is 0 Å². The Morgan fingerprint density at radius 1 is 1.09 bits per heavy atom. The van der Waals surface area contributed by atoms with Gasteiger partial charge in [0.15, 0.2) is 6.10 Å².